The van der Waals surface area contributed by atoms with Crippen LogP contribution in [0.25, 0.3) is 0 Å². The topological polar surface area (TPSA) is 0 Å². The van der Waals surface area contributed by atoms with Crippen molar-refractivity contribution in [2.24, 2.45) is 0 Å². The molecule has 0 bridgehead atoms. The predicted molar refractivity (Wildman–Crippen MR) is 78.8 cm³/mol. The SMILES string of the molecule is [CH2]CCCCCC#CCCCCCCCCC. The molecule has 0 aromatic rings. The Kier molecular flexibility index (Phi) is 15.2. The lowest BCUT2D eigenvalue weighted by Crippen LogP contribution is -1.79. The summed E-state index contributed by atoms with van der Waals surface area (Å²) in [5.41, 5.74) is 0. The lowest BCUT2D eigenvalue weighted by Gasteiger charge is -1.98. The number of hydrogen-bond acceptors (Lipinski definition) is 0. The molecule has 0 aliphatic carbocycles. The van der Waals surface area contributed by atoms with Gasteiger partial charge in [0.1, 0.15) is 0 Å². The first-order valence-electron chi connectivity index (χ1n) is 7.66. The lowest BCUT2D eigenvalue weighted by molar-refractivity contribution is 0.594. The Morgan fingerprint density at radius 1 is 0.647 bits per heavy atom. The molecule has 0 aliphatic heterocycles. The summed E-state index contributed by atoms with van der Waals surface area (Å²) in [7, 11) is 0. The fraction of sp³-hybridized carbons (Fsp3) is 0.824. The van der Waals surface area contributed by atoms with Crippen LogP contribution in [0.15, 0.2) is 0 Å². The maximum absolute atomic E-state index is 3.84. The van der Waals surface area contributed by atoms with Gasteiger partial charge in [0, 0.05) is 12.8 Å². The zero-order valence-corrected chi connectivity index (χ0v) is 11.9. The standard InChI is InChI=1S/C17H31/c1-3-5-7-9-11-13-15-17-16-14-12-10-8-6-4-2/h1,3-12,14,16-17H2,2H3. The fourth-order valence-electron chi connectivity index (χ4n) is 1.91. The van der Waals surface area contributed by atoms with Gasteiger partial charge in [0.05, 0.1) is 0 Å². The van der Waals surface area contributed by atoms with Crippen LogP contribution in [0.5, 0.6) is 0 Å². The summed E-state index contributed by atoms with van der Waals surface area (Å²) in [4.78, 5) is 0. The quantitative estimate of drug-likeness (QED) is 0.308. The summed E-state index contributed by atoms with van der Waals surface area (Å²) in [5.74, 6) is 6.58. The Morgan fingerprint density at radius 2 is 1.12 bits per heavy atom. The van der Waals surface area contributed by atoms with Crippen molar-refractivity contribution < 1.29 is 0 Å². The van der Waals surface area contributed by atoms with E-state index < -0.39 is 0 Å². The molecule has 0 N–H and O–H groups in total. The molecule has 17 heavy (non-hydrogen) atoms. The minimum Gasteiger partial charge on any atom is -0.103 e. The Hall–Kier alpha value is -0.440. The van der Waals surface area contributed by atoms with Crippen LogP contribution in [0.4, 0.5) is 0 Å². The molecule has 0 heteroatoms. The fourth-order valence-corrected chi connectivity index (χ4v) is 1.91. The van der Waals surface area contributed by atoms with E-state index in [9.17, 15) is 0 Å². The second kappa shape index (κ2) is 15.6. The maximum Gasteiger partial charge on any atom is 0.00886 e. The van der Waals surface area contributed by atoms with Crippen LogP contribution in [0, 0.1) is 18.8 Å². The third-order valence-corrected chi connectivity index (χ3v) is 3.08. The molecular weight excluding hydrogens is 204 g/mol. The smallest absolute Gasteiger partial charge is 0.00886 e. The van der Waals surface area contributed by atoms with Crippen molar-refractivity contribution >= 4 is 0 Å². The molecule has 99 valence electrons. The first-order chi connectivity index (χ1) is 8.41. The second-order valence-electron chi connectivity index (χ2n) is 4.89. The van der Waals surface area contributed by atoms with Gasteiger partial charge in [0.15, 0.2) is 0 Å². The molecule has 0 heterocycles. The second-order valence-corrected chi connectivity index (χ2v) is 4.89. The highest BCUT2D eigenvalue weighted by Crippen LogP contribution is 2.08. The molecule has 0 atom stereocenters. The van der Waals surface area contributed by atoms with Gasteiger partial charge in [0.25, 0.3) is 0 Å². The van der Waals surface area contributed by atoms with E-state index in [0.717, 1.165) is 19.3 Å². The first-order valence-corrected chi connectivity index (χ1v) is 7.66. The van der Waals surface area contributed by atoms with E-state index in [1.54, 1.807) is 0 Å². The van der Waals surface area contributed by atoms with E-state index in [1.807, 2.05) is 0 Å². The van der Waals surface area contributed by atoms with Crippen LogP contribution in [0.3, 0.4) is 0 Å². The highest BCUT2D eigenvalue weighted by Gasteiger charge is 1.89. The van der Waals surface area contributed by atoms with Gasteiger partial charge in [-0.2, -0.15) is 0 Å². The summed E-state index contributed by atoms with van der Waals surface area (Å²) >= 11 is 0. The van der Waals surface area contributed by atoms with Crippen molar-refractivity contribution in [2.45, 2.75) is 90.4 Å². The van der Waals surface area contributed by atoms with Crippen molar-refractivity contribution in [2.75, 3.05) is 0 Å². The van der Waals surface area contributed by atoms with Crippen molar-refractivity contribution in [1.82, 2.24) is 0 Å². The zero-order chi connectivity index (χ0) is 12.6. The molecule has 0 rings (SSSR count). The van der Waals surface area contributed by atoms with E-state index >= 15 is 0 Å². The van der Waals surface area contributed by atoms with Gasteiger partial charge in [-0.05, 0) is 12.8 Å². The van der Waals surface area contributed by atoms with Crippen molar-refractivity contribution in [1.29, 1.82) is 0 Å². The minimum absolute atomic E-state index is 1.07. The highest BCUT2D eigenvalue weighted by atomic mass is 13.9. The van der Waals surface area contributed by atoms with Crippen LogP contribution in [0.1, 0.15) is 90.4 Å². The summed E-state index contributed by atoms with van der Waals surface area (Å²) in [6.45, 7) is 6.11. The van der Waals surface area contributed by atoms with E-state index in [4.69, 9.17) is 0 Å². The van der Waals surface area contributed by atoms with Crippen LogP contribution < -0.4 is 0 Å². The average molecular weight is 235 g/mol. The van der Waals surface area contributed by atoms with Gasteiger partial charge in [-0.3, -0.25) is 0 Å². The van der Waals surface area contributed by atoms with Crippen LogP contribution in [-0.2, 0) is 0 Å². The summed E-state index contributed by atoms with van der Waals surface area (Å²) < 4.78 is 0. The number of hydrogen-bond donors (Lipinski definition) is 0. The summed E-state index contributed by atoms with van der Waals surface area (Å²) in [6.07, 6.45) is 16.8. The van der Waals surface area contributed by atoms with Gasteiger partial charge < -0.3 is 0 Å². The Labute approximate surface area is 110 Å². The van der Waals surface area contributed by atoms with E-state index in [2.05, 4.69) is 25.7 Å². The molecule has 0 spiro atoms. The monoisotopic (exact) mass is 235 g/mol. The third-order valence-electron chi connectivity index (χ3n) is 3.08. The van der Waals surface area contributed by atoms with Crippen molar-refractivity contribution in [3.8, 4) is 11.8 Å². The van der Waals surface area contributed by atoms with Gasteiger partial charge in [0.2, 0.25) is 0 Å². The average Bonchev–Trinajstić information content (AvgIpc) is 2.35. The van der Waals surface area contributed by atoms with Gasteiger partial charge in [-0.1, -0.05) is 71.6 Å². The van der Waals surface area contributed by atoms with E-state index in [-0.39, 0.29) is 0 Å². The van der Waals surface area contributed by atoms with Crippen LogP contribution in [-0.4, -0.2) is 0 Å². The van der Waals surface area contributed by atoms with Crippen molar-refractivity contribution in [3.05, 3.63) is 6.92 Å². The lowest BCUT2D eigenvalue weighted by atomic mass is 10.1. The Morgan fingerprint density at radius 3 is 1.65 bits per heavy atom. The molecule has 0 aromatic carbocycles. The molecule has 1 radical (unpaired) electrons. The van der Waals surface area contributed by atoms with E-state index in [1.165, 1.54) is 64.2 Å². The Bertz CT molecular complexity index is 182. The summed E-state index contributed by atoms with van der Waals surface area (Å²) in [5, 5.41) is 0. The highest BCUT2D eigenvalue weighted by molar-refractivity contribution is 4.98. The molecule has 0 aliphatic rings. The minimum atomic E-state index is 1.07. The van der Waals surface area contributed by atoms with E-state index in [0.29, 0.717) is 0 Å². The van der Waals surface area contributed by atoms with Crippen LogP contribution >= 0.6 is 0 Å². The molecule has 0 saturated heterocycles. The van der Waals surface area contributed by atoms with Crippen LogP contribution in [0.2, 0.25) is 0 Å². The van der Waals surface area contributed by atoms with Gasteiger partial charge in [-0.25, -0.2) is 0 Å². The molecular formula is C17H31. The molecule has 0 aromatic heterocycles. The third kappa shape index (κ3) is 15.6. The number of unbranched alkanes of at least 4 members (excludes halogenated alkanes) is 11. The van der Waals surface area contributed by atoms with Crippen molar-refractivity contribution in [3.63, 3.8) is 0 Å². The largest absolute Gasteiger partial charge is 0.103 e. The molecule has 0 unspecified atom stereocenters. The first kappa shape index (κ1) is 16.6. The number of rotatable bonds is 11. The normalized spacial score (nSPS) is 10.0. The zero-order valence-electron chi connectivity index (χ0n) is 11.9. The molecule has 0 nitrogen and oxygen atoms in total. The van der Waals surface area contributed by atoms with Gasteiger partial charge >= 0.3 is 0 Å². The molecule has 0 fully saturated rings. The predicted octanol–water partition coefficient (Wildman–Crippen LogP) is 5.92. The maximum atomic E-state index is 3.84. The van der Waals surface area contributed by atoms with Gasteiger partial charge in [-0.15, -0.1) is 11.8 Å². The summed E-state index contributed by atoms with van der Waals surface area (Å²) in [6, 6.07) is 0. The molecule has 0 amide bonds. The molecule has 0 saturated carbocycles. The Balaban J connectivity index is 3.04.